The number of benzene rings is 1. The zero-order chi connectivity index (χ0) is 17.0. The lowest BCUT2D eigenvalue weighted by Gasteiger charge is -2.27. The molecule has 0 bridgehead atoms. The molecular weight excluding hydrogens is 290 g/mol. The van der Waals surface area contributed by atoms with Crippen molar-refractivity contribution in [3.63, 3.8) is 0 Å². The van der Waals surface area contributed by atoms with Gasteiger partial charge in [-0.3, -0.25) is 9.59 Å². The number of hydrogen-bond acceptors (Lipinski definition) is 2. The predicted octanol–water partition coefficient (Wildman–Crippen LogP) is 3.24. The highest BCUT2D eigenvalue weighted by Gasteiger charge is 2.31. The summed E-state index contributed by atoms with van der Waals surface area (Å²) < 4.78 is 0. The predicted molar refractivity (Wildman–Crippen MR) is 90.3 cm³/mol. The Morgan fingerprint density at radius 3 is 2.61 bits per heavy atom. The van der Waals surface area contributed by atoms with E-state index in [1.165, 1.54) is 16.7 Å². The van der Waals surface area contributed by atoms with Crippen molar-refractivity contribution in [3.8, 4) is 0 Å². The van der Waals surface area contributed by atoms with Crippen LogP contribution >= 0.6 is 0 Å². The molecule has 3 unspecified atom stereocenters. The smallest absolute Gasteiger partial charge is 0.306 e. The molecule has 23 heavy (non-hydrogen) atoms. The maximum Gasteiger partial charge on any atom is 0.306 e. The number of aliphatic carboxylic acids is 1. The average Bonchev–Trinajstić information content (AvgIpc) is 2.50. The van der Waals surface area contributed by atoms with Crippen LogP contribution in [-0.2, 0) is 16.0 Å². The third-order valence-corrected chi connectivity index (χ3v) is 4.81. The third kappa shape index (κ3) is 4.81. The van der Waals surface area contributed by atoms with E-state index in [4.69, 9.17) is 5.11 Å². The SMILES string of the molecule is Cc1ccc(CC(C)NC(=O)C2CCCC(C(=O)O)C2)c(C)c1. The van der Waals surface area contributed by atoms with E-state index < -0.39 is 5.97 Å². The first-order chi connectivity index (χ1) is 10.9. The summed E-state index contributed by atoms with van der Waals surface area (Å²) in [6, 6.07) is 6.42. The van der Waals surface area contributed by atoms with Crippen LogP contribution in [0.5, 0.6) is 0 Å². The Kier molecular flexibility index (Phi) is 5.80. The van der Waals surface area contributed by atoms with E-state index in [1.807, 2.05) is 6.92 Å². The second-order valence-corrected chi connectivity index (χ2v) is 6.94. The first kappa shape index (κ1) is 17.5. The van der Waals surface area contributed by atoms with E-state index in [1.54, 1.807) is 0 Å². The largest absolute Gasteiger partial charge is 0.481 e. The number of carbonyl (C=O) groups excluding carboxylic acids is 1. The average molecular weight is 317 g/mol. The van der Waals surface area contributed by atoms with Gasteiger partial charge in [0.05, 0.1) is 5.92 Å². The summed E-state index contributed by atoms with van der Waals surface area (Å²) in [5, 5.41) is 12.2. The number of hydrogen-bond donors (Lipinski definition) is 2. The lowest BCUT2D eigenvalue weighted by atomic mass is 9.81. The molecule has 4 nitrogen and oxygen atoms in total. The summed E-state index contributed by atoms with van der Waals surface area (Å²) in [7, 11) is 0. The van der Waals surface area contributed by atoms with Gasteiger partial charge in [0.1, 0.15) is 0 Å². The van der Waals surface area contributed by atoms with E-state index >= 15 is 0 Å². The minimum Gasteiger partial charge on any atom is -0.481 e. The van der Waals surface area contributed by atoms with Gasteiger partial charge in [-0.05, 0) is 57.6 Å². The van der Waals surface area contributed by atoms with E-state index in [0.29, 0.717) is 12.8 Å². The van der Waals surface area contributed by atoms with Crippen molar-refractivity contribution in [2.45, 2.75) is 58.9 Å². The zero-order valence-corrected chi connectivity index (χ0v) is 14.3. The van der Waals surface area contributed by atoms with Crippen molar-refractivity contribution in [1.82, 2.24) is 5.32 Å². The number of aryl methyl sites for hydroxylation is 2. The van der Waals surface area contributed by atoms with E-state index in [2.05, 4.69) is 37.4 Å². The second kappa shape index (κ2) is 7.62. The lowest BCUT2D eigenvalue weighted by Crippen LogP contribution is -2.40. The first-order valence-electron chi connectivity index (χ1n) is 8.46. The summed E-state index contributed by atoms with van der Waals surface area (Å²) >= 11 is 0. The van der Waals surface area contributed by atoms with Gasteiger partial charge in [-0.2, -0.15) is 0 Å². The van der Waals surface area contributed by atoms with Crippen molar-refractivity contribution < 1.29 is 14.7 Å². The summed E-state index contributed by atoms with van der Waals surface area (Å²) in [5.74, 6) is -1.29. The Hall–Kier alpha value is -1.84. The van der Waals surface area contributed by atoms with Crippen molar-refractivity contribution in [1.29, 1.82) is 0 Å². The molecule has 2 rings (SSSR count). The monoisotopic (exact) mass is 317 g/mol. The van der Waals surface area contributed by atoms with Crippen LogP contribution in [-0.4, -0.2) is 23.0 Å². The number of carboxylic acid groups (broad SMARTS) is 1. The number of nitrogens with one attached hydrogen (secondary N) is 1. The summed E-state index contributed by atoms with van der Waals surface area (Å²) in [5.41, 5.74) is 3.73. The van der Waals surface area contributed by atoms with Crippen molar-refractivity contribution >= 4 is 11.9 Å². The van der Waals surface area contributed by atoms with Crippen molar-refractivity contribution in [3.05, 3.63) is 34.9 Å². The van der Waals surface area contributed by atoms with Gasteiger partial charge in [-0.1, -0.05) is 30.2 Å². The van der Waals surface area contributed by atoms with Crippen LogP contribution in [0.1, 0.15) is 49.3 Å². The highest BCUT2D eigenvalue weighted by molar-refractivity contribution is 5.80. The maximum absolute atomic E-state index is 12.4. The molecule has 0 spiro atoms. The van der Waals surface area contributed by atoms with Gasteiger partial charge in [0.15, 0.2) is 0 Å². The molecule has 4 heteroatoms. The van der Waals surface area contributed by atoms with Gasteiger partial charge in [0, 0.05) is 12.0 Å². The van der Waals surface area contributed by atoms with E-state index in [9.17, 15) is 9.59 Å². The molecule has 1 aromatic rings. The molecule has 1 aliphatic carbocycles. The minimum absolute atomic E-state index is 0.00761. The Labute approximate surface area is 138 Å². The van der Waals surface area contributed by atoms with Crippen LogP contribution in [0.2, 0.25) is 0 Å². The number of rotatable bonds is 5. The van der Waals surface area contributed by atoms with Crippen LogP contribution in [0.25, 0.3) is 0 Å². The highest BCUT2D eigenvalue weighted by atomic mass is 16.4. The van der Waals surface area contributed by atoms with E-state index in [0.717, 1.165) is 19.3 Å². The summed E-state index contributed by atoms with van der Waals surface area (Å²) in [6.07, 6.45) is 3.58. The molecule has 1 fully saturated rings. The molecule has 1 amide bonds. The molecule has 0 radical (unpaired) electrons. The molecule has 1 saturated carbocycles. The van der Waals surface area contributed by atoms with Gasteiger partial charge < -0.3 is 10.4 Å². The lowest BCUT2D eigenvalue weighted by molar-refractivity contribution is -0.144. The standard InChI is InChI=1S/C19H27NO3/c1-12-7-8-15(13(2)9-12)10-14(3)20-18(21)16-5-4-6-17(11-16)19(22)23/h7-9,14,16-17H,4-6,10-11H2,1-3H3,(H,20,21)(H,22,23). The fraction of sp³-hybridized carbons (Fsp3) is 0.579. The number of amides is 1. The topological polar surface area (TPSA) is 66.4 Å². The molecule has 0 aliphatic heterocycles. The van der Waals surface area contributed by atoms with Gasteiger partial charge in [-0.15, -0.1) is 0 Å². The summed E-state index contributed by atoms with van der Waals surface area (Å²) in [6.45, 7) is 6.17. The summed E-state index contributed by atoms with van der Waals surface area (Å²) in [4.78, 5) is 23.5. The third-order valence-electron chi connectivity index (χ3n) is 4.81. The van der Waals surface area contributed by atoms with E-state index in [-0.39, 0.29) is 23.8 Å². The Morgan fingerprint density at radius 2 is 1.96 bits per heavy atom. The van der Waals surface area contributed by atoms with Gasteiger partial charge in [0.2, 0.25) is 5.91 Å². The van der Waals surface area contributed by atoms with Crippen molar-refractivity contribution in [2.24, 2.45) is 11.8 Å². The molecule has 2 N–H and O–H groups in total. The molecule has 0 heterocycles. The molecule has 126 valence electrons. The molecule has 3 atom stereocenters. The molecule has 0 aromatic heterocycles. The first-order valence-corrected chi connectivity index (χ1v) is 8.46. The van der Waals surface area contributed by atoms with Gasteiger partial charge in [0.25, 0.3) is 0 Å². The minimum atomic E-state index is -0.772. The fourth-order valence-corrected chi connectivity index (χ4v) is 3.47. The zero-order valence-electron chi connectivity index (χ0n) is 14.3. The van der Waals surface area contributed by atoms with Crippen LogP contribution < -0.4 is 5.32 Å². The van der Waals surface area contributed by atoms with Gasteiger partial charge >= 0.3 is 5.97 Å². The molecule has 1 aliphatic rings. The second-order valence-electron chi connectivity index (χ2n) is 6.94. The fourth-order valence-electron chi connectivity index (χ4n) is 3.47. The van der Waals surface area contributed by atoms with Crippen LogP contribution in [0.3, 0.4) is 0 Å². The highest BCUT2D eigenvalue weighted by Crippen LogP contribution is 2.29. The molecular formula is C19H27NO3. The Balaban J connectivity index is 1.90. The van der Waals surface area contributed by atoms with Crippen molar-refractivity contribution in [2.75, 3.05) is 0 Å². The normalized spacial score (nSPS) is 22.4. The number of carbonyl (C=O) groups is 2. The quantitative estimate of drug-likeness (QED) is 0.876. The Morgan fingerprint density at radius 1 is 1.26 bits per heavy atom. The van der Waals surface area contributed by atoms with Crippen LogP contribution in [0, 0.1) is 25.7 Å². The van der Waals surface area contributed by atoms with Crippen LogP contribution in [0.4, 0.5) is 0 Å². The van der Waals surface area contributed by atoms with Gasteiger partial charge in [-0.25, -0.2) is 0 Å². The maximum atomic E-state index is 12.4. The Bertz CT molecular complexity index is 582. The molecule has 0 saturated heterocycles. The molecule has 1 aromatic carbocycles. The number of carboxylic acids is 1. The van der Waals surface area contributed by atoms with Crippen LogP contribution in [0.15, 0.2) is 18.2 Å².